The van der Waals surface area contributed by atoms with Crippen LogP contribution in [0.3, 0.4) is 0 Å². The van der Waals surface area contributed by atoms with Crippen LogP contribution < -0.4 is 10.1 Å². The summed E-state index contributed by atoms with van der Waals surface area (Å²) in [6.07, 6.45) is -0.114. The Bertz CT molecular complexity index is 1370. The zero-order valence-corrected chi connectivity index (χ0v) is 26.2. The molecule has 0 spiro atoms. The van der Waals surface area contributed by atoms with Crippen LogP contribution in [0.15, 0.2) is 97.1 Å². The van der Waals surface area contributed by atoms with Gasteiger partial charge in [0.2, 0.25) is 0 Å². The minimum atomic E-state index is -0.290. The molecule has 0 aromatic heterocycles. The van der Waals surface area contributed by atoms with Gasteiger partial charge in [-0.2, -0.15) is 0 Å². The fraction of sp³-hybridized carbons (Fsp3) is 0.342. The lowest BCUT2D eigenvalue weighted by Gasteiger charge is -2.30. The average Bonchev–Trinajstić information content (AvgIpc) is 2.94. The fourth-order valence-electron chi connectivity index (χ4n) is 5.08. The summed E-state index contributed by atoms with van der Waals surface area (Å²) in [4.78, 5) is 12.0. The van der Waals surface area contributed by atoms with E-state index in [1.807, 2.05) is 12.1 Å². The van der Waals surface area contributed by atoms with E-state index >= 15 is 0 Å². The Morgan fingerprint density at radius 3 is 1.57 bits per heavy atom. The molecule has 0 aliphatic heterocycles. The van der Waals surface area contributed by atoms with E-state index in [1.54, 1.807) is 0 Å². The van der Waals surface area contributed by atoms with E-state index in [0.29, 0.717) is 18.9 Å². The zero-order chi connectivity index (χ0) is 30.3. The topological polar surface area (TPSA) is 47.6 Å². The Balaban J connectivity index is 1.42. The van der Waals surface area contributed by atoms with E-state index in [2.05, 4.69) is 132 Å². The van der Waals surface area contributed by atoms with Crippen molar-refractivity contribution in [2.75, 3.05) is 0 Å². The normalized spacial score (nSPS) is 12.0. The van der Waals surface area contributed by atoms with Gasteiger partial charge in [-0.25, -0.2) is 0 Å². The number of hydrogen-bond acceptors (Lipinski definition) is 4. The van der Waals surface area contributed by atoms with E-state index < -0.39 is 0 Å². The van der Waals surface area contributed by atoms with Gasteiger partial charge in [0.15, 0.2) is 0 Å². The van der Waals surface area contributed by atoms with Crippen LogP contribution in [0.25, 0.3) is 0 Å². The maximum absolute atomic E-state index is 12.0. The van der Waals surface area contributed by atoms with Gasteiger partial charge in [0.25, 0.3) is 0 Å². The Kier molecular flexibility index (Phi) is 10.0. The first kappa shape index (κ1) is 31.2. The van der Waals surface area contributed by atoms with Crippen molar-refractivity contribution in [1.82, 2.24) is 5.32 Å². The molecule has 0 amide bonds. The van der Waals surface area contributed by atoms with E-state index in [1.165, 1.54) is 18.1 Å². The van der Waals surface area contributed by atoms with E-state index in [-0.39, 0.29) is 22.9 Å². The van der Waals surface area contributed by atoms with Crippen LogP contribution in [0.4, 0.5) is 0 Å². The number of nitrogens with one attached hydrogen (secondary N) is 1. The minimum absolute atomic E-state index is 0.114. The predicted molar refractivity (Wildman–Crippen MR) is 172 cm³/mol. The van der Waals surface area contributed by atoms with Gasteiger partial charge in [0.05, 0.1) is 6.61 Å². The van der Waals surface area contributed by atoms with Crippen LogP contribution in [-0.4, -0.2) is 5.97 Å². The van der Waals surface area contributed by atoms with Crippen LogP contribution >= 0.6 is 0 Å². The van der Waals surface area contributed by atoms with Gasteiger partial charge in [0, 0.05) is 31.1 Å². The summed E-state index contributed by atoms with van der Waals surface area (Å²) in [5, 5.41) is 3.61. The number of ether oxygens (including phenoxy) is 2. The molecule has 0 unspecified atom stereocenters. The van der Waals surface area contributed by atoms with Crippen molar-refractivity contribution < 1.29 is 14.3 Å². The first-order chi connectivity index (χ1) is 19.9. The Hall–Kier alpha value is -3.73. The van der Waals surface area contributed by atoms with Gasteiger partial charge < -0.3 is 14.8 Å². The molecule has 4 nitrogen and oxygen atoms in total. The standard InChI is InChI=1S/C38H45NO3/c1-27(40)42-36-33(37(2,3)4)22-30(23-34(36)38(5,6)7)25-39-24-28-18-20-29(21-19-28)26-41-35(31-14-10-8-11-15-31)32-16-12-9-13-17-32/h8-23,35,39H,24-26H2,1-7H3. The summed E-state index contributed by atoms with van der Waals surface area (Å²) < 4.78 is 12.2. The summed E-state index contributed by atoms with van der Waals surface area (Å²) in [5.74, 6) is 0.409. The molecule has 0 aliphatic carbocycles. The zero-order valence-electron chi connectivity index (χ0n) is 26.2. The second-order valence-electron chi connectivity index (χ2n) is 13.0. The summed E-state index contributed by atoms with van der Waals surface area (Å²) in [5.41, 5.74) is 7.60. The van der Waals surface area contributed by atoms with E-state index in [0.717, 1.165) is 34.4 Å². The second-order valence-corrected chi connectivity index (χ2v) is 13.0. The molecule has 4 aromatic rings. The fourth-order valence-corrected chi connectivity index (χ4v) is 5.08. The van der Waals surface area contributed by atoms with Crippen LogP contribution in [0, 0.1) is 0 Å². The molecule has 0 fully saturated rings. The maximum Gasteiger partial charge on any atom is 0.308 e. The Labute approximate surface area is 252 Å². The van der Waals surface area contributed by atoms with E-state index in [9.17, 15) is 4.79 Å². The average molecular weight is 564 g/mol. The van der Waals surface area contributed by atoms with Crippen LogP contribution in [0.1, 0.15) is 93.5 Å². The van der Waals surface area contributed by atoms with Gasteiger partial charge in [-0.15, -0.1) is 0 Å². The molecule has 4 heteroatoms. The molecule has 0 saturated carbocycles. The molecule has 220 valence electrons. The van der Waals surface area contributed by atoms with Crippen molar-refractivity contribution in [3.8, 4) is 5.75 Å². The number of rotatable bonds is 10. The highest BCUT2D eigenvalue weighted by Gasteiger charge is 2.28. The van der Waals surface area contributed by atoms with Crippen molar-refractivity contribution in [3.05, 3.63) is 136 Å². The monoisotopic (exact) mass is 563 g/mol. The SMILES string of the molecule is CC(=O)Oc1c(C(C)(C)C)cc(CNCc2ccc(COC(c3ccccc3)c3ccccc3)cc2)cc1C(C)(C)C. The second kappa shape index (κ2) is 13.5. The first-order valence-corrected chi connectivity index (χ1v) is 14.8. The largest absolute Gasteiger partial charge is 0.426 e. The molecular weight excluding hydrogens is 518 g/mol. The number of carbonyl (C=O) groups excluding carboxylic acids is 1. The lowest BCUT2D eigenvalue weighted by molar-refractivity contribution is -0.132. The molecule has 0 saturated heterocycles. The third-order valence-electron chi connectivity index (χ3n) is 7.31. The van der Waals surface area contributed by atoms with E-state index in [4.69, 9.17) is 9.47 Å². The molecule has 4 rings (SSSR count). The van der Waals surface area contributed by atoms with Gasteiger partial charge in [-0.05, 0) is 38.6 Å². The summed E-state index contributed by atoms with van der Waals surface area (Å²) in [6.45, 7) is 16.4. The maximum atomic E-state index is 12.0. The molecule has 0 bridgehead atoms. The van der Waals surface area contributed by atoms with Crippen molar-refractivity contribution >= 4 is 5.97 Å². The molecule has 0 heterocycles. The number of carbonyl (C=O) groups is 1. The summed E-state index contributed by atoms with van der Waals surface area (Å²) in [6, 6.07) is 33.7. The summed E-state index contributed by atoms with van der Waals surface area (Å²) >= 11 is 0. The molecule has 1 N–H and O–H groups in total. The van der Waals surface area contributed by atoms with Gasteiger partial charge >= 0.3 is 5.97 Å². The minimum Gasteiger partial charge on any atom is -0.426 e. The highest BCUT2D eigenvalue weighted by Crippen LogP contribution is 2.41. The molecule has 0 aliphatic rings. The molecule has 0 atom stereocenters. The lowest BCUT2D eigenvalue weighted by Crippen LogP contribution is -2.22. The van der Waals surface area contributed by atoms with Gasteiger partial charge in [0.1, 0.15) is 11.9 Å². The predicted octanol–water partition coefficient (Wildman–Crippen LogP) is 8.80. The highest BCUT2D eigenvalue weighted by molar-refractivity contribution is 5.71. The lowest BCUT2D eigenvalue weighted by atomic mass is 9.78. The molecule has 42 heavy (non-hydrogen) atoms. The van der Waals surface area contributed by atoms with Gasteiger partial charge in [-0.1, -0.05) is 139 Å². The Morgan fingerprint density at radius 2 is 1.12 bits per heavy atom. The van der Waals surface area contributed by atoms with Crippen molar-refractivity contribution in [2.24, 2.45) is 0 Å². The van der Waals surface area contributed by atoms with Crippen molar-refractivity contribution in [3.63, 3.8) is 0 Å². The van der Waals surface area contributed by atoms with Gasteiger partial charge in [-0.3, -0.25) is 4.79 Å². The number of hydrogen-bond donors (Lipinski definition) is 1. The number of benzene rings is 4. The van der Waals surface area contributed by atoms with Crippen molar-refractivity contribution in [2.45, 2.75) is 85.1 Å². The third kappa shape index (κ3) is 8.40. The molecule has 4 aromatic carbocycles. The highest BCUT2D eigenvalue weighted by atomic mass is 16.5. The summed E-state index contributed by atoms with van der Waals surface area (Å²) in [7, 11) is 0. The molecular formula is C38H45NO3. The smallest absolute Gasteiger partial charge is 0.308 e. The molecule has 0 radical (unpaired) electrons. The Morgan fingerprint density at radius 1 is 0.667 bits per heavy atom. The van der Waals surface area contributed by atoms with Crippen LogP contribution in [0.2, 0.25) is 0 Å². The van der Waals surface area contributed by atoms with Crippen LogP contribution in [-0.2, 0) is 40.1 Å². The first-order valence-electron chi connectivity index (χ1n) is 14.8. The van der Waals surface area contributed by atoms with Crippen molar-refractivity contribution in [1.29, 1.82) is 0 Å². The third-order valence-corrected chi connectivity index (χ3v) is 7.31. The number of esters is 1. The quantitative estimate of drug-likeness (QED) is 0.155. The van der Waals surface area contributed by atoms with Crippen LogP contribution in [0.5, 0.6) is 5.75 Å².